The summed E-state index contributed by atoms with van der Waals surface area (Å²) in [5.41, 5.74) is 0. The van der Waals surface area contributed by atoms with Crippen LogP contribution in [0.25, 0.3) is 0 Å². The molecule has 0 spiro atoms. The minimum atomic E-state index is 0.193. The molecule has 0 saturated heterocycles. The van der Waals surface area contributed by atoms with Gasteiger partial charge in [0.15, 0.2) is 0 Å². The molecule has 0 bridgehead atoms. The van der Waals surface area contributed by atoms with E-state index in [4.69, 9.17) is 0 Å². The number of amides is 1. The van der Waals surface area contributed by atoms with Gasteiger partial charge in [0.2, 0.25) is 5.91 Å². The number of carbonyl (C=O) groups excluding carboxylic acids is 1. The van der Waals surface area contributed by atoms with E-state index in [9.17, 15) is 4.79 Å². The van der Waals surface area contributed by atoms with Crippen LogP contribution in [-0.2, 0) is 4.79 Å². The zero-order chi connectivity index (χ0) is 14.2. The zero-order valence-corrected chi connectivity index (χ0v) is 13.0. The highest BCUT2D eigenvalue weighted by Gasteiger charge is 2.20. The predicted molar refractivity (Wildman–Crippen MR) is 82.8 cm³/mol. The van der Waals surface area contributed by atoms with Crippen molar-refractivity contribution in [2.75, 3.05) is 26.7 Å². The van der Waals surface area contributed by atoms with Crippen LogP contribution >= 0.6 is 0 Å². The van der Waals surface area contributed by atoms with Gasteiger partial charge in [-0.3, -0.25) is 4.79 Å². The highest BCUT2D eigenvalue weighted by Crippen LogP contribution is 2.21. The first-order valence-electron chi connectivity index (χ1n) is 8.46. The molecule has 1 amide bonds. The van der Waals surface area contributed by atoms with Gasteiger partial charge in [0.25, 0.3) is 0 Å². The summed E-state index contributed by atoms with van der Waals surface area (Å²) in [6, 6.07) is 1.48. The Bertz CT molecular complexity index is 285. The number of nitrogens with zero attached hydrogens (tertiary/aromatic N) is 1. The summed E-state index contributed by atoms with van der Waals surface area (Å²) in [4.78, 5) is 14.1. The Balaban J connectivity index is 1.44. The molecular formula is C16H31N3O. The van der Waals surface area contributed by atoms with E-state index < -0.39 is 0 Å². The Labute approximate surface area is 123 Å². The fourth-order valence-electron chi connectivity index (χ4n) is 3.03. The van der Waals surface area contributed by atoms with Crippen LogP contribution in [0.1, 0.15) is 57.8 Å². The molecule has 0 aromatic carbocycles. The molecule has 2 N–H and O–H groups in total. The SMILES string of the molecule is CN(CCCNC(=O)CCNC1CC1)C1CCCCC1. The van der Waals surface area contributed by atoms with Crippen LogP contribution < -0.4 is 10.6 Å². The van der Waals surface area contributed by atoms with Gasteiger partial charge < -0.3 is 15.5 Å². The Hall–Kier alpha value is -0.610. The Morgan fingerprint density at radius 1 is 1.10 bits per heavy atom. The van der Waals surface area contributed by atoms with E-state index in [-0.39, 0.29) is 5.91 Å². The quantitative estimate of drug-likeness (QED) is 0.635. The lowest BCUT2D eigenvalue weighted by Crippen LogP contribution is -2.36. The minimum absolute atomic E-state index is 0.193. The molecule has 0 atom stereocenters. The fourth-order valence-corrected chi connectivity index (χ4v) is 3.03. The van der Waals surface area contributed by atoms with E-state index in [1.807, 2.05) is 0 Å². The molecule has 0 unspecified atom stereocenters. The van der Waals surface area contributed by atoms with Crippen molar-refractivity contribution < 1.29 is 4.79 Å². The van der Waals surface area contributed by atoms with Gasteiger partial charge in [-0.15, -0.1) is 0 Å². The summed E-state index contributed by atoms with van der Waals surface area (Å²) in [5, 5.41) is 6.40. The Morgan fingerprint density at radius 2 is 1.85 bits per heavy atom. The lowest BCUT2D eigenvalue weighted by Gasteiger charge is -2.31. The summed E-state index contributed by atoms with van der Waals surface area (Å²) in [6.07, 6.45) is 11.2. The van der Waals surface area contributed by atoms with Crippen molar-refractivity contribution in [1.82, 2.24) is 15.5 Å². The lowest BCUT2D eigenvalue weighted by atomic mass is 9.94. The van der Waals surface area contributed by atoms with E-state index in [2.05, 4.69) is 22.6 Å². The molecule has 4 nitrogen and oxygen atoms in total. The maximum Gasteiger partial charge on any atom is 0.221 e. The molecule has 0 aromatic heterocycles. The smallest absolute Gasteiger partial charge is 0.221 e. The van der Waals surface area contributed by atoms with Gasteiger partial charge in [-0.1, -0.05) is 19.3 Å². The van der Waals surface area contributed by atoms with Crippen molar-refractivity contribution in [2.45, 2.75) is 69.9 Å². The van der Waals surface area contributed by atoms with Crippen molar-refractivity contribution in [3.05, 3.63) is 0 Å². The van der Waals surface area contributed by atoms with Crippen molar-refractivity contribution in [3.8, 4) is 0 Å². The van der Waals surface area contributed by atoms with Gasteiger partial charge in [0.1, 0.15) is 0 Å². The molecule has 2 rings (SSSR count). The number of hydrogen-bond donors (Lipinski definition) is 2. The van der Waals surface area contributed by atoms with Crippen molar-refractivity contribution >= 4 is 5.91 Å². The van der Waals surface area contributed by atoms with Crippen LogP contribution in [0.15, 0.2) is 0 Å². The van der Waals surface area contributed by atoms with Gasteiger partial charge in [0, 0.05) is 31.6 Å². The maximum atomic E-state index is 11.6. The lowest BCUT2D eigenvalue weighted by molar-refractivity contribution is -0.121. The fraction of sp³-hybridized carbons (Fsp3) is 0.938. The molecule has 0 aromatic rings. The second-order valence-corrected chi connectivity index (χ2v) is 6.45. The average molecular weight is 281 g/mol. The third kappa shape index (κ3) is 6.23. The number of rotatable bonds is 9. The van der Waals surface area contributed by atoms with Crippen molar-refractivity contribution in [2.24, 2.45) is 0 Å². The predicted octanol–water partition coefficient (Wildman–Crippen LogP) is 1.90. The molecule has 116 valence electrons. The van der Waals surface area contributed by atoms with Crippen LogP contribution in [0.3, 0.4) is 0 Å². The number of hydrogen-bond acceptors (Lipinski definition) is 3. The summed E-state index contributed by atoms with van der Waals surface area (Å²) < 4.78 is 0. The molecule has 4 heteroatoms. The van der Waals surface area contributed by atoms with Crippen LogP contribution in [0, 0.1) is 0 Å². The molecule has 0 radical (unpaired) electrons. The maximum absolute atomic E-state index is 11.6. The van der Waals surface area contributed by atoms with E-state index in [0.29, 0.717) is 12.5 Å². The highest BCUT2D eigenvalue weighted by molar-refractivity contribution is 5.75. The first-order valence-corrected chi connectivity index (χ1v) is 8.46. The van der Waals surface area contributed by atoms with E-state index in [0.717, 1.165) is 32.1 Å². The Morgan fingerprint density at radius 3 is 2.55 bits per heavy atom. The standard InChI is InChI=1S/C16H31N3O/c1-19(15-6-3-2-4-7-15)13-5-11-18-16(20)10-12-17-14-8-9-14/h14-15,17H,2-13H2,1H3,(H,18,20). The normalized spacial score (nSPS) is 20.3. The van der Waals surface area contributed by atoms with Gasteiger partial charge in [0.05, 0.1) is 0 Å². The second kappa shape index (κ2) is 8.63. The molecule has 0 heterocycles. The Kier molecular flexibility index (Phi) is 6.80. The average Bonchev–Trinajstić information content (AvgIpc) is 3.28. The minimum Gasteiger partial charge on any atom is -0.356 e. The van der Waals surface area contributed by atoms with Crippen molar-refractivity contribution in [1.29, 1.82) is 0 Å². The van der Waals surface area contributed by atoms with E-state index >= 15 is 0 Å². The summed E-state index contributed by atoms with van der Waals surface area (Å²) in [6.45, 7) is 2.75. The van der Waals surface area contributed by atoms with Gasteiger partial charge in [-0.2, -0.15) is 0 Å². The first kappa shape index (κ1) is 15.8. The van der Waals surface area contributed by atoms with Crippen LogP contribution in [-0.4, -0.2) is 49.6 Å². The van der Waals surface area contributed by atoms with E-state index in [1.165, 1.54) is 44.9 Å². The molecule has 2 aliphatic carbocycles. The largest absolute Gasteiger partial charge is 0.356 e. The van der Waals surface area contributed by atoms with Crippen LogP contribution in [0.5, 0.6) is 0 Å². The number of nitrogens with one attached hydrogen (secondary N) is 2. The topological polar surface area (TPSA) is 44.4 Å². The molecule has 2 saturated carbocycles. The second-order valence-electron chi connectivity index (χ2n) is 6.45. The van der Waals surface area contributed by atoms with Crippen LogP contribution in [0.2, 0.25) is 0 Å². The zero-order valence-electron chi connectivity index (χ0n) is 13.0. The van der Waals surface area contributed by atoms with Gasteiger partial charge in [-0.25, -0.2) is 0 Å². The molecular weight excluding hydrogens is 250 g/mol. The molecule has 0 aliphatic heterocycles. The first-order chi connectivity index (χ1) is 9.75. The highest BCUT2D eigenvalue weighted by atomic mass is 16.1. The van der Waals surface area contributed by atoms with Gasteiger partial charge >= 0.3 is 0 Å². The summed E-state index contributed by atoms with van der Waals surface area (Å²) >= 11 is 0. The van der Waals surface area contributed by atoms with E-state index in [1.54, 1.807) is 0 Å². The van der Waals surface area contributed by atoms with Crippen LogP contribution in [0.4, 0.5) is 0 Å². The molecule has 2 aliphatic rings. The van der Waals surface area contributed by atoms with Crippen molar-refractivity contribution in [3.63, 3.8) is 0 Å². The summed E-state index contributed by atoms with van der Waals surface area (Å²) in [7, 11) is 2.23. The monoisotopic (exact) mass is 281 g/mol. The third-order valence-corrected chi connectivity index (χ3v) is 4.57. The third-order valence-electron chi connectivity index (χ3n) is 4.57. The molecule has 2 fully saturated rings. The van der Waals surface area contributed by atoms with Gasteiger partial charge in [-0.05, 0) is 45.7 Å². The summed E-state index contributed by atoms with van der Waals surface area (Å²) in [5.74, 6) is 0.193. The molecule has 20 heavy (non-hydrogen) atoms. The number of carbonyl (C=O) groups is 1.